The summed E-state index contributed by atoms with van der Waals surface area (Å²) in [5, 5.41) is 2.72. The van der Waals surface area contributed by atoms with Crippen LogP contribution in [-0.4, -0.2) is 68.8 Å². The molecule has 2 aromatic rings. The van der Waals surface area contributed by atoms with Gasteiger partial charge in [0.1, 0.15) is 12.4 Å². The van der Waals surface area contributed by atoms with Crippen molar-refractivity contribution in [3.8, 4) is 5.75 Å². The Morgan fingerprint density at radius 2 is 1.67 bits per heavy atom. The largest absolute Gasteiger partial charge is 0.491 e. The van der Waals surface area contributed by atoms with Crippen molar-refractivity contribution in [3.05, 3.63) is 58.6 Å². The highest BCUT2D eigenvalue weighted by Crippen LogP contribution is 2.24. The lowest BCUT2D eigenvalue weighted by Crippen LogP contribution is -2.49. The molecule has 2 amide bonds. The maximum atomic E-state index is 13.0. The second-order valence-corrected chi connectivity index (χ2v) is 9.36. The molecule has 0 spiro atoms. The molecule has 2 aromatic carbocycles. The third-order valence-electron chi connectivity index (χ3n) is 5.18. The minimum absolute atomic E-state index is 0.0154. The smallest absolute Gasteiger partial charge is 0.258 e. The van der Waals surface area contributed by atoms with Crippen LogP contribution in [0.3, 0.4) is 0 Å². The predicted octanol–water partition coefficient (Wildman–Crippen LogP) is 1.61. The lowest BCUT2D eigenvalue weighted by Gasteiger charge is -2.33. The number of halogens is 1. The molecule has 0 aliphatic carbocycles. The van der Waals surface area contributed by atoms with Crippen molar-refractivity contribution in [1.82, 2.24) is 14.5 Å². The number of piperazine rings is 1. The van der Waals surface area contributed by atoms with Gasteiger partial charge in [0, 0.05) is 32.7 Å². The quantitative estimate of drug-likeness (QED) is 0.673. The molecule has 4 rings (SSSR count). The lowest BCUT2D eigenvalue weighted by molar-refractivity contribution is 0.0879. The van der Waals surface area contributed by atoms with E-state index in [0.29, 0.717) is 50.1 Å². The number of sulfonamides is 1. The Morgan fingerprint density at radius 1 is 0.967 bits per heavy atom. The molecule has 2 aliphatic rings. The van der Waals surface area contributed by atoms with Gasteiger partial charge in [-0.15, -0.1) is 0 Å². The molecule has 0 aromatic heterocycles. The zero-order valence-electron chi connectivity index (χ0n) is 16.0. The van der Waals surface area contributed by atoms with Crippen LogP contribution in [0.2, 0.25) is 5.02 Å². The van der Waals surface area contributed by atoms with Gasteiger partial charge < -0.3 is 4.74 Å². The highest BCUT2D eigenvalue weighted by molar-refractivity contribution is 7.89. The molecule has 0 unspecified atom stereocenters. The fourth-order valence-electron chi connectivity index (χ4n) is 3.50. The Balaban J connectivity index is 1.34. The number of ether oxygens (including phenoxy) is 1. The van der Waals surface area contributed by atoms with E-state index in [1.807, 2.05) is 12.1 Å². The van der Waals surface area contributed by atoms with Gasteiger partial charge in [-0.2, -0.15) is 4.31 Å². The summed E-state index contributed by atoms with van der Waals surface area (Å²) in [6, 6.07) is 11.3. The molecule has 0 radical (unpaired) electrons. The van der Waals surface area contributed by atoms with Crippen LogP contribution in [0.4, 0.5) is 0 Å². The Labute approximate surface area is 179 Å². The predicted molar refractivity (Wildman–Crippen MR) is 110 cm³/mol. The molecule has 10 heteroatoms. The van der Waals surface area contributed by atoms with Crippen molar-refractivity contribution in [2.45, 2.75) is 4.90 Å². The highest BCUT2D eigenvalue weighted by Gasteiger charge is 2.32. The van der Waals surface area contributed by atoms with Crippen molar-refractivity contribution in [3.63, 3.8) is 0 Å². The van der Waals surface area contributed by atoms with Crippen molar-refractivity contribution in [1.29, 1.82) is 0 Å². The van der Waals surface area contributed by atoms with Crippen molar-refractivity contribution < 1.29 is 22.7 Å². The average molecular weight is 450 g/mol. The number of nitrogens with zero attached hydrogens (tertiary/aromatic N) is 2. The highest BCUT2D eigenvalue weighted by atomic mass is 35.5. The second-order valence-electron chi connectivity index (χ2n) is 7.02. The summed E-state index contributed by atoms with van der Waals surface area (Å²) in [6.07, 6.45) is 0. The first-order valence-electron chi connectivity index (χ1n) is 9.46. The summed E-state index contributed by atoms with van der Waals surface area (Å²) in [5.74, 6) is -0.457. The third-order valence-corrected chi connectivity index (χ3v) is 7.38. The molecule has 30 heavy (non-hydrogen) atoms. The summed E-state index contributed by atoms with van der Waals surface area (Å²) < 4.78 is 33.0. The lowest BCUT2D eigenvalue weighted by atomic mass is 10.1. The number of fused-ring (bicyclic) bond motifs is 1. The zero-order chi connectivity index (χ0) is 21.3. The first-order chi connectivity index (χ1) is 14.4. The molecule has 1 N–H and O–H groups in total. The molecular formula is C20H20ClN3O5S. The number of amides is 2. The van der Waals surface area contributed by atoms with Gasteiger partial charge in [0.05, 0.1) is 21.0 Å². The van der Waals surface area contributed by atoms with Crippen LogP contribution in [0.1, 0.15) is 20.7 Å². The number of para-hydroxylation sites is 1. The van der Waals surface area contributed by atoms with E-state index >= 15 is 0 Å². The first kappa shape index (κ1) is 20.8. The van der Waals surface area contributed by atoms with Crippen LogP contribution in [0.25, 0.3) is 0 Å². The van der Waals surface area contributed by atoms with Gasteiger partial charge in [0.25, 0.3) is 11.8 Å². The standard InChI is InChI=1S/C20H20ClN3O5S/c21-17-3-1-2-4-18(17)29-12-11-23-7-9-24(10-8-23)30(27,28)14-5-6-15-16(13-14)20(26)22-19(15)25/h1-6,13H,7-12H2,(H,22,25,26). The number of imide groups is 1. The van der Waals surface area contributed by atoms with E-state index in [1.165, 1.54) is 22.5 Å². The SMILES string of the molecule is O=C1NC(=O)c2cc(S(=O)(=O)N3CCN(CCOc4ccccc4Cl)CC3)ccc21. The fourth-order valence-corrected chi connectivity index (χ4v) is 5.14. The number of hydrogen-bond acceptors (Lipinski definition) is 6. The second kappa shape index (κ2) is 8.35. The van der Waals surface area contributed by atoms with Crippen LogP contribution < -0.4 is 10.1 Å². The van der Waals surface area contributed by atoms with Crippen molar-refractivity contribution in [2.75, 3.05) is 39.3 Å². The summed E-state index contributed by atoms with van der Waals surface area (Å²) >= 11 is 6.07. The number of nitrogens with one attached hydrogen (secondary N) is 1. The molecule has 8 nitrogen and oxygen atoms in total. The molecule has 0 saturated carbocycles. The van der Waals surface area contributed by atoms with Gasteiger partial charge in [0.2, 0.25) is 10.0 Å². The van der Waals surface area contributed by atoms with Crippen LogP contribution in [0, 0.1) is 0 Å². The Bertz CT molecular complexity index is 1100. The minimum Gasteiger partial charge on any atom is -0.491 e. The topological polar surface area (TPSA) is 96.0 Å². The first-order valence-corrected chi connectivity index (χ1v) is 11.3. The van der Waals surface area contributed by atoms with Gasteiger partial charge in [0.15, 0.2) is 0 Å². The Kier molecular flexibility index (Phi) is 5.79. The molecule has 158 valence electrons. The van der Waals surface area contributed by atoms with E-state index in [1.54, 1.807) is 12.1 Å². The Hall–Kier alpha value is -2.46. The van der Waals surface area contributed by atoms with E-state index in [0.717, 1.165) is 0 Å². The normalized spacial score (nSPS) is 17.6. The van der Waals surface area contributed by atoms with E-state index in [4.69, 9.17) is 16.3 Å². The summed E-state index contributed by atoms with van der Waals surface area (Å²) in [5.41, 5.74) is 0.290. The molecule has 0 bridgehead atoms. The minimum atomic E-state index is -3.75. The average Bonchev–Trinajstić information content (AvgIpc) is 3.03. The molecule has 1 saturated heterocycles. The van der Waals surface area contributed by atoms with Gasteiger partial charge in [-0.25, -0.2) is 8.42 Å². The summed E-state index contributed by atoms with van der Waals surface area (Å²) in [7, 11) is -3.75. The number of benzene rings is 2. The molecule has 2 heterocycles. The summed E-state index contributed by atoms with van der Waals surface area (Å²) in [6.45, 7) is 2.89. The number of carbonyl (C=O) groups excluding carboxylic acids is 2. The van der Waals surface area contributed by atoms with Crippen LogP contribution >= 0.6 is 11.6 Å². The van der Waals surface area contributed by atoms with Crippen LogP contribution in [-0.2, 0) is 10.0 Å². The molecule has 2 aliphatic heterocycles. The van der Waals surface area contributed by atoms with Gasteiger partial charge in [-0.05, 0) is 30.3 Å². The van der Waals surface area contributed by atoms with Gasteiger partial charge >= 0.3 is 0 Å². The maximum Gasteiger partial charge on any atom is 0.258 e. The molecular weight excluding hydrogens is 430 g/mol. The Morgan fingerprint density at radius 3 is 2.40 bits per heavy atom. The van der Waals surface area contributed by atoms with Gasteiger partial charge in [-0.1, -0.05) is 23.7 Å². The molecule has 1 fully saturated rings. The van der Waals surface area contributed by atoms with E-state index in [2.05, 4.69) is 10.2 Å². The van der Waals surface area contributed by atoms with Gasteiger partial charge in [-0.3, -0.25) is 19.8 Å². The van der Waals surface area contributed by atoms with Crippen molar-refractivity contribution in [2.24, 2.45) is 0 Å². The maximum absolute atomic E-state index is 13.0. The molecule has 0 atom stereocenters. The van der Waals surface area contributed by atoms with E-state index in [9.17, 15) is 18.0 Å². The van der Waals surface area contributed by atoms with Crippen molar-refractivity contribution >= 4 is 33.4 Å². The van der Waals surface area contributed by atoms with Crippen LogP contribution in [0.5, 0.6) is 5.75 Å². The zero-order valence-corrected chi connectivity index (χ0v) is 17.6. The van der Waals surface area contributed by atoms with E-state index in [-0.39, 0.29) is 16.0 Å². The number of rotatable bonds is 6. The van der Waals surface area contributed by atoms with Crippen LogP contribution in [0.15, 0.2) is 47.4 Å². The monoisotopic (exact) mass is 449 g/mol. The fraction of sp³-hybridized carbons (Fsp3) is 0.300. The number of carbonyl (C=O) groups is 2. The number of hydrogen-bond donors (Lipinski definition) is 1. The summed E-state index contributed by atoms with van der Waals surface area (Å²) in [4.78, 5) is 25.6. The van der Waals surface area contributed by atoms with E-state index < -0.39 is 21.8 Å². The third kappa shape index (κ3) is 4.06.